The second-order valence-corrected chi connectivity index (χ2v) is 2.94. The quantitative estimate of drug-likeness (QED) is 0.488. The lowest BCUT2D eigenvalue weighted by molar-refractivity contribution is -0.136. The van der Waals surface area contributed by atoms with Crippen molar-refractivity contribution < 1.29 is 9.59 Å². The second-order valence-electron chi connectivity index (χ2n) is 2.94. The Balaban J connectivity index is 4.52. The molecule has 14 heavy (non-hydrogen) atoms. The molecule has 0 aliphatic rings. The van der Waals surface area contributed by atoms with Crippen LogP contribution >= 0.6 is 0 Å². The van der Waals surface area contributed by atoms with Crippen molar-refractivity contribution in [2.75, 3.05) is 14.1 Å². The number of carbonyl (C=O) groups is 2. The van der Waals surface area contributed by atoms with Gasteiger partial charge in [-0.25, -0.2) is 0 Å². The van der Waals surface area contributed by atoms with Gasteiger partial charge in [0, 0.05) is 14.1 Å². The number of carbonyl (C=O) groups excluding carboxylic acids is 2. The molecule has 0 radical (unpaired) electrons. The Morgan fingerprint density at radius 2 is 1.36 bits per heavy atom. The molecule has 0 bridgehead atoms. The third-order valence-corrected chi connectivity index (χ3v) is 2.17. The molecule has 0 unspecified atom stereocenters. The van der Waals surface area contributed by atoms with Crippen molar-refractivity contribution >= 4 is 11.8 Å². The van der Waals surface area contributed by atoms with E-state index in [1.54, 1.807) is 21.0 Å². The van der Waals surface area contributed by atoms with Gasteiger partial charge in [-0.1, -0.05) is 13.2 Å². The third kappa shape index (κ3) is 2.73. The zero-order valence-electron chi connectivity index (χ0n) is 8.86. The van der Waals surface area contributed by atoms with Crippen LogP contribution in [0.15, 0.2) is 25.3 Å². The smallest absolute Gasteiger partial charge is 0.247 e. The Kier molecular flexibility index (Phi) is 4.63. The van der Waals surface area contributed by atoms with Crippen LogP contribution in [0, 0.1) is 0 Å². The van der Waals surface area contributed by atoms with Crippen LogP contribution in [0.25, 0.3) is 0 Å². The molecule has 0 saturated carbocycles. The highest BCUT2D eigenvalue weighted by Crippen LogP contribution is 2.02. The van der Waals surface area contributed by atoms with Gasteiger partial charge in [0.1, 0.15) is 6.17 Å². The lowest BCUT2D eigenvalue weighted by Gasteiger charge is -2.31. The molecule has 0 aliphatic carbocycles. The lowest BCUT2D eigenvalue weighted by Crippen LogP contribution is -2.47. The number of hydrogen-bond donors (Lipinski definition) is 0. The van der Waals surface area contributed by atoms with Gasteiger partial charge < -0.3 is 9.80 Å². The molecule has 0 saturated heterocycles. The van der Waals surface area contributed by atoms with Gasteiger partial charge in [0.15, 0.2) is 0 Å². The first-order chi connectivity index (χ1) is 6.45. The number of nitrogens with zero attached hydrogens (tertiary/aromatic N) is 2. The molecule has 0 N–H and O–H groups in total. The fraction of sp³-hybridized carbons (Fsp3) is 0.400. The summed E-state index contributed by atoms with van der Waals surface area (Å²) in [5, 5.41) is 0. The van der Waals surface area contributed by atoms with Crippen LogP contribution in [0.3, 0.4) is 0 Å². The van der Waals surface area contributed by atoms with E-state index >= 15 is 0 Å². The van der Waals surface area contributed by atoms with E-state index in [0.29, 0.717) is 0 Å². The molecule has 0 rings (SSSR count). The van der Waals surface area contributed by atoms with Gasteiger partial charge in [0.25, 0.3) is 0 Å². The van der Waals surface area contributed by atoms with Crippen LogP contribution in [0.5, 0.6) is 0 Å². The summed E-state index contributed by atoms with van der Waals surface area (Å²) in [6, 6.07) is 0. The largest absolute Gasteiger partial charge is 0.322 e. The van der Waals surface area contributed by atoms with Crippen LogP contribution in [0.4, 0.5) is 0 Å². The van der Waals surface area contributed by atoms with Crippen molar-refractivity contribution in [1.29, 1.82) is 0 Å². The number of rotatable bonds is 4. The van der Waals surface area contributed by atoms with Crippen molar-refractivity contribution in [3.05, 3.63) is 25.3 Å². The maximum Gasteiger partial charge on any atom is 0.247 e. The molecule has 0 aromatic carbocycles. The Hall–Kier alpha value is -1.58. The van der Waals surface area contributed by atoms with Gasteiger partial charge in [-0.15, -0.1) is 0 Å². The van der Waals surface area contributed by atoms with E-state index in [0.717, 1.165) is 0 Å². The number of amides is 2. The average Bonchev–Trinajstić information content (AvgIpc) is 2.23. The fourth-order valence-electron chi connectivity index (χ4n) is 0.916. The topological polar surface area (TPSA) is 40.6 Å². The van der Waals surface area contributed by atoms with E-state index in [1.165, 1.54) is 22.0 Å². The van der Waals surface area contributed by atoms with Crippen LogP contribution in [0.1, 0.15) is 6.92 Å². The van der Waals surface area contributed by atoms with E-state index in [4.69, 9.17) is 0 Å². The monoisotopic (exact) mass is 196 g/mol. The summed E-state index contributed by atoms with van der Waals surface area (Å²) in [5.74, 6) is -0.442. The molecular formula is C10H16N2O2. The van der Waals surface area contributed by atoms with Crippen LogP contribution in [-0.4, -0.2) is 41.9 Å². The molecule has 4 heteroatoms. The lowest BCUT2D eigenvalue weighted by atomic mass is 10.3. The van der Waals surface area contributed by atoms with Crippen molar-refractivity contribution in [2.45, 2.75) is 13.1 Å². The SMILES string of the molecule is C=CC(=O)N(C)C(C)N(C)C(=O)C=C. The number of hydrogen-bond acceptors (Lipinski definition) is 2. The molecule has 0 aromatic rings. The zero-order chi connectivity index (χ0) is 11.3. The average molecular weight is 196 g/mol. The van der Waals surface area contributed by atoms with E-state index in [9.17, 15) is 9.59 Å². The maximum absolute atomic E-state index is 11.2. The minimum absolute atomic E-state index is 0.221. The highest BCUT2D eigenvalue weighted by atomic mass is 16.2. The molecular weight excluding hydrogens is 180 g/mol. The van der Waals surface area contributed by atoms with Crippen LogP contribution in [-0.2, 0) is 9.59 Å². The van der Waals surface area contributed by atoms with Crippen molar-refractivity contribution in [3.8, 4) is 0 Å². The molecule has 0 spiro atoms. The van der Waals surface area contributed by atoms with E-state index in [1.807, 2.05) is 0 Å². The fourth-order valence-corrected chi connectivity index (χ4v) is 0.916. The highest BCUT2D eigenvalue weighted by molar-refractivity contribution is 5.89. The summed E-state index contributed by atoms with van der Waals surface area (Å²) in [5.41, 5.74) is 0. The molecule has 0 fully saturated rings. The summed E-state index contributed by atoms with van der Waals surface area (Å²) in [6.07, 6.45) is 2.11. The summed E-state index contributed by atoms with van der Waals surface area (Å²) in [7, 11) is 3.23. The van der Waals surface area contributed by atoms with Gasteiger partial charge >= 0.3 is 0 Å². The molecule has 78 valence electrons. The number of likely N-dealkylation sites (N-methyl/N-ethyl adjacent to an activating group) is 2. The predicted octanol–water partition coefficient (Wildman–Crippen LogP) is 0.621. The molecule has 0 heterocycles. The zero-order valence-corrected chi connectivity index (χ0v) is 8.86. The van der Waals surface area contributed by atoms with Crippen LogP contribution < -0.4 is 0 Å². The van der Waals surface area contributed by atoms with Gasteiger partial charge in [-0.05, 0) is 19.1 Å². The molecule has 0 aromatic heterocycles. The van der Waals surface area contributed by atoms with Crippen LogP contribution in [0.2, 0.25) is 0 Å². The van der Waals surface area contributed by atoms with Crippen molar-refractivity contribution in [3.63, 3.8) is 0 Å². The minimum Gasteiger partial charge on any atom is -0.322 e. The Labute approximate surface area is 84.5 Å². The minimum atomic E-state index is -0.314. The third-order valence-electron chi connectivity index (χ3n) is 2.17. The maximum atomic E-state index is 11.2. The predicted molar refractivity (Wildman–Crippen MR) is 55.4 cm³/mol. The first-order valence-electron chi connectivity index (χ1n) is 4.24. The van der Waals surface area contributed by atoms with E-state index in [2.05, 4.69) is 13.2 Å². The Morgan fingerprint density at radius 3 is 1.57 bits per heavy atom. The summed E-state index contributed by atoms with van der Waals surface area (Å²) >= 11 is 0. The Morgan fingerprint density at radius 1 is 1.07 bits per heavy atom. The van der Waals surface area contributed by atoms with E-state index in [-0.39, 0.29) is 18.0 Å². The first kappa shape index (κ1) is 12.4. The normalized spacial score (nSPS) is 9.43. The van der Waals surface area contributed by atoms with Gasteiger partial charge in [0.05, 0.1) is 0 Å². The summed E-state index contributed by atoms with van der Waals surface area (Å²) < 4.78 is 0. The first-order valence-corrected chi connectivity index (χ1v) is 4.24. The summed E-state index contributed by atoms with van der Waals surface area (Å²) in [4.78, 5) is 25.3. The standard InChI is InChI=1S/C10H16N2O2/c1-6-9(13)11(4)8(3)12(5)10(14)7-2/h6-8H,1-2H2,3-5H3. The summed E-state index contributed by atoms with van der Waals surface area (Å²) in [6.45, 7) is 8.50. The molecule has 0 atom stereocenters. The van der Waals surface area contributed by atoms with Gasteiger partial charge in [-0.3, -0.25) is 9.59 Å². The highest BCUT2D eigenvalue weighted by Gasteiger charge is 2.19. The molecule has 2 amide bonds. The molecule has 0 aliphatic heterocycles. The van der Waals surface area contributed by atoms with Gasteiger partial charge in [0.2, 0.25) is 11.8 Å². The van der Waals surface area contributed by atoms with E-state index < -0.39 is 0 Å². The van der Waals surface area contributed by atoms with Gasteiger partial charge in [-0.2, -0.15) is 0 Å². The van der Waals surface area contributed by atoms with Crippen molar-refractivity contribution in [1.82, 2.24) is 9.80 Å². The molecule has 4 nitrogen and oxygen atoms in total. The Bertz CT molecular complexity index is 235. The second kappa shape index (κ2) is 5.21. The van der Waals surface area contributed by atoms with Crippen molar-refractivity contribution in [2.24, 2.45) is 0 Å².